The standard InChI is InChI=1S/C17H27N3O3/c1-13-8-4-7-11-19(13)14(21)12-20-15(22)17(18-16(20)23)9-5-2-3-6-10-17/h13H,2-12H2,1H3,(H,18,23)/t13-/m1/s1. The molecule has 3 rings (SSSR count). The van der Waals surface area contributed by atoms with Crippen molar-refractivity contribution in [3.8, 4) is 0 Å². The molecule has 2 aliphatic heterocycles. The molecule has 6 nitrogen and oxygen atoms in total. The Bertz CT molecular complexity index is 497. The van der Waals surface area contributed by atoms with E-state index in [1.807, 2.05) is 11.8 Å². The van der Waals surface area contributed by atoms with Crippen LogP contribution in [0.2, 0.25) is 0 Å². The molecule has 2 saturated heterocycles. The van der Waals surface area contributed by atoms with Crippen molar-refractivity contribution in [2.24, 2.45) is 0 Å². The average molecular weight is 321 g/mol. The van der Waals surface area contributed by atoms with E-state index in [4.69, 9.17) is 0 Å². The summed E-state index contributed by atoms with van der Waals surface area (Å²) in [5, 5.41) is 2.90. The van der Waals surface area contributed by atoms with Gasteiger partial charge in [-0.25, -0.2) is 4.79 Å². The lowest BCUT2D eigenvalue weighted by Gasteiger charge is -2.34. The van der Waals surface area contributed by atoms with Crippen LogP contribution in [0.15, 0.2) is 0 Å². The minimum atomic E-state index is -0.749. The van der Waals surface area contributed by atoms with Crippen LogP contribution in [0, 0.1) is 0 Å². The van der Waals surface area contributed by atoms with Gasteiger partial charge in [0.1, 0.15) is 12.1 Å². The number of likely N-dealkylation sites (tertiary alicyclic amines) is 1. The van der Waals surface area contributed by atoms with Gasteiger partial charge in [-0.3, -0.25) is 14.5 Å². The fourth-order valence-corrected chi connectivity index (χ4v) is 4.19. The van der Waals surface area contributed by atoms with Crippen molar-refractivity contribution >= 4 is 17.8 Å². The number of hydrogen-bond acceptors (Lipinski definition) is 3. The Kier molecular flexibility index (Phi) is 4.60. The first-order valence-electron chi connectivity index (χ1n) is 8.97. The molecule has 4 amide bonds. The van der Waals surface area contributed by atoms with Crippen LogP contribution in [0.3, 0.4) is 0 Å². The summed E-state index contributed by atoms with van der Waals surface area (Å²) in [7, 11) is 0. The van der Waals surface area contributed by atoms with Gasteiger partial charge in [-0.05, 0) is 39.0 Å². The number of nitrogens with zero attached hydrogens (tertiary/aromatic N) is 2. The van der Waals surface area contributed by atoms with Crippen molar-refractivity contribution in [2.45, 2.75) is 76.3 Å². The molecule has 128 valence electrons. The van der Waals surface area contributed by atoms with E-state index in [1.165, 1.54) is 0 Å². The second-order valence-corrected chi connectivity index (χ2v) is 7.25. The summed E-state index contributed by atoms with van der Waals surface area (Å²) >= 11 is 0. The van der Waals surface area contributed by atoms with Gasteiger partial charge in [-0.2, -0.15) is 0 Å². The first-order valence-corrected chi connectivity index (χ1v) is 8.97. The highest BCUT2D eigenvalue weighted by molar-refractivity contribution is 6.09. The van der Waals surface area contributed by atoms with E-state index in [-0.39, 0.29) is 24.4 Å². The van der Waals surface area contributed by atoms with Crippen LogP contribution in [-0.4, -0.2) is 52.3 Å². The molecule has 0 aromatic heterocycles. The first kappa shape index (κ1) is 16.3. The van der Waals surface area contributed by atoms with Gasteiger partial charge in [0.05, 0.1) is 0 Å². The Morgan fingerprint density at radius 2 is 1.83 bits per heavy atom. The van der Waals surface area contributed by atoms with E-state index < -0.39 is 11.6 Å². The van der Waals surface area contributed by atoms with Crippen molar-refractivity contribution in [1.82, 2.24) is 15.1 Å². The number of hydrogen-bond donors (Lipinski definition) is 1. The zero-order valence-electron chi connectivity index (χ0n) is 14.0. The van der Waals surface area contributed by atoms with Crippen molar-refractivity contribution in [3.05, 3.63) is 0 Å². The maximum Gasteiger partial charge on any atom is 0.325 e. The van der Waals surface area contributed by atoms with Gasteiger partial charge in [0.25, 0.3) is 5.91 Å². The highest BCUT2D eigenvalue weighted by Gasteiger charge is 2.51. The van der Waals surface area contributed by atoms with Crippen LogP contribution in [-0.2, 0) is 9.59 Å². The third kappa shape index (κ3) is 3.08. The third-order valence-corrected chi connectivity index (χ3v) is 5.62. The molecule has 1 atom stereocenters. The number of nitrogens with one attached hydrogen (secondary N) is 1. The number of urea groups is 1. The van der Waals surface area contributed by atoms with E-state index in [9.17, 15) is 14.4 Å². The maximum atomic E-state index is 12.8. The molecule has 23 heavy (non-hydrogen) atoms. The smallest absolute Gasteiger partial charge is 0.325 e. The van der Waals surface area contributed by atoms with Gasteiger partial charge in [0.15, 0.2) is 0 Å². The predicted octanol–water partition coefficient (Wildman–Crippen LogP) is 2.03. The van der Waals surface area contributed by atoms with Gasteiger partial charge in [-0.1, -0.05) is 25.7 Å². The van der Waals surface area contributed by atoms with Crippen LogP contribution in [0.25, 0.3) is 0 Å². The zero-order chi connectivity index (χ0) is 16.4. The van der Waals surface area contributed by atoms with Gasteiger partial charge < -0.3 is 10.2 Å². The lowest BCUT2D eigenvalue weighted by atomic mass is 9.90. The molecular weight excluding hydrogens is 294 g/mol. The second-order valence-electron chi connectivity index (χ2n) is 7.25. The normalized spacial score (nSPS) is 28.0. The molecule has 0 unspecified atom stereocenters. The molecular formula is C17H27N3O3. The number of amides is 4. The third-order valence-electron chi connectivity index (χ3n) is 5.62. The van der Waals surface area contributed by atoms with Crippen LogP contribution in [0.1, 0.15) is 64.7 Å². The number of rotatable bonds is 2. The van der Waals surface area contributed by atoms with Crippen LogP contribution in [0.4, 0.5) is 4.79 Å². The fourth-order valence-electron chi connectivity index (χ4n) is 4.19. The van der Waals surface area contributed by atoms with Crippen molar-refractivity contribution in [1.29, 1.82) is 0 Å². The topological polar surface area (TPSA) is 69.7 Å². The van der Waals surface area contributed by atoms with E-state index in [0.29, 0.717) is 12.8 Å². The van der Waals surface area contributed by atoms with E-state index in [0.717, 1.165) is 56.4 Å². The molecule has 0 bridgehead atoms. The SMILES string of the molecule is C[C@@H]1CCCCN1C(=O)CN1C(=O)NC2(CCCCCC2)C1=O. The summed E-state index contributed by atoms with van der Waals surface area (Å²) in [6, 6.07) is -0.196. The minimum Gasteiger partial charge on any atom is -0.338 e. The summed E-state index contributed by atoms with van der Waals surface area (Å²) < 4.78 is 0. The summed E-state index contributed by atoms with van der Waals surface area (Å²) in [6.45, 7) is 2.65. The van der Waals surface area contributed by atoms with Crippen LogP contribution >= 0.6 is 0 Å². The Morgan fingerprint density at radius 1 is 1.13 bits per heavy atom. The minimum absolute atomic E-state index is 0.105. The molecule has 3 aliphatic rings. The number of imide groups is 1. The largest absolute Gasteiger partial charge is 0.338 e. The summed E-state index contributed by atoms with van der Waals surface area (Å²) in [5.41, 5.74) is -0.749. The first-order chi connectivity index (χ1) is 11.0. The molecule has 0 aromatic carbocycles. The van der Waals surface area contributed by atoms with E-state index in [2.05, 4.69) is 5.32 Å². The molecule has 3 fully saturated rings. The monoisotopic (exact) mass is 321 g/mol. The molecule has 1 N–H and O–H groups in total. The number of carbonyl (C=O) groups excluding carboxylic acids is 3. The van der Waals surface area contributed by atoms with Crippen molar-refractivity contribution in [3.63, 3.8) is 0 Å². The van der Waals surface area contributed by atoms with Gasteiger partial charge in [0.2, 0.25) is 5.91 Å². The lowest BCUT2D eigenvalue weighted by Crippen LogP contribution is -2.49. The predicted molar refractivity (Wildman–Crippen MR) is 85.7 cm³/mol. The Hall–Kier alpha value is -1.59. The van der Waals surface area contributed by atoms with Crippen LogP contribution < -0.4 is 5.32 Å². The number of piperidine rings is 1. The average Bonchev–Trinajstić information content (AvgIpc) is 2.72. The molecule has 0 aromatic rings. The molecule has 1 saturated carbocycles. The molecule has 2 heterocycles. The maximum absolute atomic E-state index is 12.8. The van der Waals surface area contributed by atoms with Gasteiger partial charge in [-0.15, -0.1) is 0 Å². The lowest BCUT2D eigenvalue weighted by molar-refractivity contribution is -0.141. The summed E-state index contributed by atoms with van der Waals surface area (Å²) in [6.07, 6.45) is 8.65. The van der Waals surface area contributed by atoms with Crippen molar-refractivity contribution in [2.75, 3.05) is 13.1 Å². The van der Waals surface area contributed by atoms with E-state index in [1.54, 1.807) is 0 Å². The highest BCUT2D eigenvalue weighted by atomic mass is 16.2. The highest BCUT2D eigenvalue weighted by Crippen LogP contribution is 2.32. The Labute approximate surface area is 137 Å². The second kappa shape index (κ2) is 6.49. The Morgan fingerprint density at radius 3 is 2.48 bits per heavy atom. The van der Waals surface area contributed by atoms with E-state index >= 15 is 0 Å². The van der Waals surface area contributed by atoms with Crippen LogP contribution in [0.5, 0.6) is 0 Å². The summed E-state index contributed by atoms with van der Waals surface area (Å²) in [5.74, 6) is -0.297. The fraction of sp³-hybridized carbons (Fsp3) is 0.824. The Balaban J connectivity index is 1.69. The molecule has 1 spiro atoms. The quantitative estimate of drug-likeness (QED) is 0.791. The zero-order valence-corrected chi connectivity index (χ0v) is 14.0. The molecule has 0 radical (unpaired) electrons. The van der Waals surface area contributed by atoms with Gasteiger partial charge in [0, 0.05) is 12.6 Å². The van der Waals surface area contributed by atoms with Gasteiger partial charge >= 0.3 is 6.03 Å². The number of carbonyl (C=O) groups is 3. The van der Waals surface area contributed by atoms with Crippen molar-refractivity contribution < 1.29 is 14.4 Å². The molecule has 6 heteroatoms. The summed E-state index contributed by atoms with van der Waals surface area (Å²) in [4.78, 5) is 40.6. The molecule has 1 aliphatic carbocycles.